The third-order valence-corrected chi connectivity index (χ3v) is 2.06. The standard InChI is InChI=1S/C14H16N2O2/c1-2-18-14(17)8-7-12-3-5-13(6-4-12)11-16-10-9-15/h3-6,9-10,16H,2,11,15H2,1H3/b10-9-. The van der Waals surface area contributed by atoms with E-state index in [0.29, 0.717) is 13.2 Å². The van der Waals surface area contributed by atoms with Crippen molar-refractivity contribution in [3.05, 3.63) is 47.8 Å². The predicted molar refractivity (Wildman–Crippen MR) is 70.1 cm³/mol. The van der Waals surface area contributed by atoms with E-state index < -0.39 is 5.97 Å². The van der Waals surface area contributed by atoms with Crippen LogP contribution in [0.1, 0.15) is 18.1 Å². The molecule has 0 amide bonds. The molecule has 0 unspecified atom stereocenters. The van der Waals surface area contributed by atoms with Crippen LogP contribution in [0.3, 0.4) is 0 Å². The largest absolute Gasteiger partial charge is 0.456 e. The van der Waals surface area contributed by atoms with Crippen LogP contribution >= 0.6 is 0 Å². The molecule has 4 heteroatoms. The van der Waals surface area contributed by atoms with Gasteiger partial charge in [-0.25, -0.2) is 4.79 Å². The molecule has 0 aromatic heterocycles. The van der Waals surface area contributed by atoms with Crippen molar-refractivity contribution in [2.45, 2.75) is 13.5 Å². The molecule has 3 N–H and O–H groups in total. The number of hydrogen-bond acceptors (Lipinski definition) is 4. The Morgan fingerprint density at radius 2 is 2.17 bits per heavy atom. The van der Waals surface area contributed by atoms with E-state index in [4.69, 9.17) is 10.5 Å². The Labute approximate surface area is 107 Å². The summed E-state index contributed by atoms with van der Waals surface area (Å²) in [5, 5.41) is 3.02. The number of hydrogen-bond donors (Lipinski definition) is 2. The van der Waals surface area contributed by atoms with Gasteiger partial charge in [0.1, 0.15) is 0 Å². The molecule has 0 fully saturated rings. The van der Waals surface area contributed by atoms with Crippen molar-refractivity contribution in [2.75, 3.05) is 6.61 Å². The molecule has 94 valence electrons. The number of nitrogens with two attached hydrogens (primary N) is 1. The summed E-state index contributed by atoms with van der Waals surface area (Å²) in [4.78, 5) is 11.0. The average Bonchev–Trinajstić information content (AvgIpc) is 2.38. The number of ether oxygens (including phenoxy) is 1. The second-order valence-electron chi connectivity index (χ2n) is 3.41. The first-order valence-electron chi connectivity index (χ1n) is 5.64. The number of esters is 1. The quantitative estimate of drug-likeness (QED) is 0.615. The molecular weight excluding hydrogens is 228 g/mol. The van der Waals surface area contributed by atoms with Crippen molar-refractivity contribution >= 4 is 5.97 Å². The fourth-order valence-electron chi connectivity index (χ4n) is 1.24. The van der Waals surface area contributed by atoms with E-state index in [1.54, 1.807) is 13.1 Å². The monoisotopic (exact) mass is 244 g/mol. The fraction of sp³-hybridized carbons (Fsp3) is 0.214. The van der Waals surface area contributed by atoms with Gasteiger partial charge in [-0.05, 0) is 24.6 Å². The fourth-order valence-corrected chi connectivity index (χ4v) is 1.24. The summed E-state index contributed by atoms with van der Waals surface area (Å²) < 4.78 is 4.71. The summed E-state index contributed by atoms with van der Waals surface area (Å²) in [5.41, 5.74) is 7.09. The number of carbonyl (C=O) groups excluding carboxylic acids is 1. The summed E-state index contributed by atoms with van der Waals surface area (Å²) in [6.07, 6.45) is 3.12. The molecule has 18 heavy (non-hydrogen) atoms. The van der Waals surface area contributed by atoms with E-state index in [0.717, 1.165) is 11.1 Å². The van der Waals surface area contributed by atoms with E-state index in [1.807, 2.05) is 24.3 Å². The van der Waals surface area contributed by atoms with Crippen molar-refractivity contribution in [3.8, 4) is 11.8 Å². The van der Waals surface area contributed by atoms with Gasteiger partial charge in [-0.1, -0.05) is 18.1 Å². The summed E-state index contributed by atoms with van der Waals surface area (Å²) in [5.74, 6) is 4.66. The lowest BCUT2D eigenvalue weighted by atomic mass is 10.1. The Morgan fingerprint density at radius 3 is 2.78 bits per heavy atom. The Hall–Kier alpha value is -2.41. The molecule has 0 aliphatic rings. The molecule has 1 aromatic carbocycles. The topological polar surface area (TPSA) is 64.3 Å². The zero-order valence-electron chi connectivity index (χ0n) is 10.3. The maximum Gasteiger partial charge on any atom is 0.384 e. The molecule has 0 atom stereocenters. The molecule has 4 nitrogen and oxygen atoms in total. The second kappa shape index (κ2) is 7.80. The Balaban J connectivity index is 2.57. The minimum Gasteiger partial charge on any atom is -0.456 e. The molecule has 0 radical (unpaired) electrons. The van der Waals surface area contributed by atoms with Crippen LogP contribution in [-0.4, -0.2) is 12.6 Å². The van der Waals surface area contributed by atoms with E-state index in [2.05, 4.69) is 17.2 Å². The predicted octanol–water partition coefficient (Wildman–Crippen LogP) is 1.12. The molecule has 0 aliphatic heterocycles. The summed E-state index contributed by atoms with van der Waals surface area (Å²) in [6, 6.07) is 7.59. The third-order valence-electron chi connectivity index (χ3n) is 2.06. The second-order valence-corrected chi connectivity index (χ2v) is 3.41. The summed E-state index contributed by atoms with van der Waals surface area (Å²) in [6.45, 7) is 2.78. The highest BCUT2D eigenvalue weighted by molar-refractivity contribution is 5.89. The smallest absolute Gasteiger partial charge is 0.384 e. The van der Waals surface area contributed by atoms with Crippen molar-refractivity contribution in [1.29, 1.82) is 0 Å². The zero-order valence-corrected chi connectivity index (χ0v) is 10.3. The lowest BCUT2D eigenvalue weighted by Crippen LogP contribution is -2.05. The molecule has 0 heterocycles. The van der Waals surface area contributed by atoms with Crippen LogP contribution in [0.5, 0.6) is 0 Å². The van der Waals surface area contributed by atoms with Crippen LogP contribution in [0.4, 0.5) is 0 Å². The molecule has 1 rings (SSSR count). The first-order chi connectivity index (χ1) is 8.76. The van der Waals surface area contributed by atoms with Crippen LogP contribution in [0.15, 0.2) is 36.7 Å². The summed E-state index contributed by atoms with van der Waals surface area (Å²) >= 11 is 0. The van der Waals surface area contributed by atoms with E-state index in [9.17, 15) is 4.79 Å². The van der Waals surface area contributed by atoms with Gasteiger partial charge in [0.25, 0.3) is 0 Å². The van der Waals surface area contributed by atoms with Gasteiger partial charge in [-0.3, -0.25) is 0 Å². The number of rotatable bonds is 4. The van der Waals surface area contributed by atoms with Gasteiger partial charge in [0.2, 0.25) is 0 Å². The first-order valence-corrected chi connectivity index (χ1v) is 5.64. The van der Waals surface area contributed by atoms with Crippen LogP contribution in [0.2, 0.25) is 0 Å². The molecule has 0 spiro atoms. The van der Waals surface area contributed by atoms with E-state index >= 15 is 0 Å². The van der Waals surface area contributed by atoms with Crippen molar-refractivity contribution in [2.24, 2.45) is 5.73 Å². The zero-order chi connectivity index (χ0) is 13.2. The highest BCUT2D eigenvalue weighted by Gasteiger charge is 1.94. The Kier molecular flexibility index (Phi) is 5.91. The highest BCUT2D eigenvalue weighted by atomic mass is 16.5. The van der Waals surface area contributed by atoms with Gasteiger partial charge in [-0.2, -0.15) is 0 Å². The lowest BCUT2D eigenvalue weighted by Gasteiger charge is -2.00. The Bertz CT molecular complexity index is 467. The van der Waals surface area contributed by atoms with Crippen molar-refractivity contribution in [1.82, 2.24) is 5.32 Å². The highest BCUT2D eigenvalue weighted by Crippen LogP contribution is 2.02. The van der Waals surface area contributed by atoms with Gasteiger partial charge in [-0.15, -0.1) is 0 Å². The van der Waals surface area contributed by atoms with Gasteiger partial charge >= 0.3 is 5.97 Å². The maximum absolute atomic E-state index is 11.0. The van der Waals surface area contributed by atoms with Gasteiger partial charge in [0, 0.05) is 30.4 Å². The van der Waals surface area contributed by atoms with Gasteiger partial charge < -0.3 is 15.8 Å². The van der Waals surface area contributed by atoms with Crippen molar-refractivity contribution < 1.29 is 9.53 Å². The molecule has 0 saturated carbocycles. The minimum absolute atomic E-state index is 0.340. The van der Waals surface area contributed by atoms with Crippen LogP contribution in [0, 0.1) is 11.8 Å². The van der Waals surface area contributed by atoms with Gasteiger partial charge in [0.15, 0.2) is 0 Å². The van der Waals surface area contributed by atoms with Crippen molar-refractivity contribution in [3.63, 3.8) is 0 Å². The van der Waals surface area contributed by atoms with Crippen LogP contribution in [0.25, 0.3) is 0 Å². The number of nitrogens with one attached hydrogen (secondary N) is 1. The molecule has 0 aliphatic carbocycles. The molecule has 0 saturated heterocycles. The molecular formula is C14H16N2O2. The number of benzene rings is 1. The lowest BCUT2D eigenvalue weighted by molar-refractivity contribution is -0.136. The van der Waals surface area contributed by atoms with E-state index in [-0.39, 0.29) is 0 Å². The number of carbonyl (C=O) groups is 1. The van der Waals surface area contributed by atoms with Gasteiger partial charge in [0.05, 0.1) is 6.61 Å². The average molecular weight is 244 g/mol. The summed E-state index contributed by atoms with van der Waals surface area (Å²) in [7, 11) is 0. The first kappa shape index (κ1) is 13.7. The Morgan fingerprint density at radius 1 is 1.44 bits per heavy atom. The molecule has 1 aromatic rings. The maximum atomic E-state index is 11.0. The normalized spacial score (nSPS) is 9.61. The van der Waals surface area contributed by atoms with Crippen LogP contribution in [-0.2, 0) is 16.1 Å². The molecule has 0 bridgehead atoms. The van der Waals surface area contributed by atoms with E-state index in [1.165, 1.54) is 6.20 Å². The third kappa shape index (κ3) is 5.08. The SMILES string of the molecule is CCOC(=O)C#Cc1ccc(CN/C=C\N)cc1. The minimum atomic E-state index is -0.503. The van der Waals surface area contributed by atoms with Crippen LogP contribution < -0.4 is 11.1 Å².